The molecule has 8 heteroatoms. The van der Waals surface area contributed by atoms with Crippen LogP contribution in [0.15, 0.2) is 23.1 Å². The maximum atomic E-state index is 11.7. The summed E-state index contributed by atoms with van der Waals surface area (Å²) in [5.74, 6) is -0.351. The van der Waals surface area contributed by atoms with E-state index in [1.54, 1.807) is 6.08 Å². The molecular weight excluding hydrogens is 345 g/mol. The molecule has 0 radical (unpaired) electrons. The van der Waals surface area contributed by atoms with Crippen molar-refractivity contribution in [1.29, 1.82) is 0 Å². The molecule has 2 N–H and O–H groups in total. The van der Waals surface area contributed by atoms with Gasteiger partial charge in [0.2, 0.25) is 0 Å². The number of halogens is 2. The number of nitrogens with one attached hydrogen (secondary N) is 2. The van der Waals surface area contributed by atoms with Gasteiger partial charge in [-0.25, -0.2) is 0 Å². The first-order valence-electron chi connectivity index (χ1n) is 6.64. The molecule has 1 aromatic rings. The van der Waals surface area contributed by atoms with Crippen LogP contribution in [0.3, 0.4) is 0 Å². The molecule has 0 aromatic heterocycles. The molecule has 2 amide bonds. The summed E-state index contributed by atoms with van der Waals surface area (Å²) in [4.78, 5) is 25.5. The van der Waals surface area contributed by atoms with Crippen LogP contribution in [0, 0.1) is 0 Å². The van der Waals surface area contributed by atoms with Crippen molar-refractivity contribution < 1.29 is 9.59 Å². The molecule has 2 saturated heterocycles. The van der Waals surface area contributed by atoms with Crippen LogP contribution in [0.5, 0.6) is 0 Å². The predicted molar refractivity (Wildman–Crippen MR) is 92.9 cm³/mol. The molecule has 0 aliphatic carbocycles. The first-order chi connectivity index (χ1) is 10.1. The molecule has 2 heterocycles. The summed E-state index contributed by atoms with van der Waals surface area (Å²) in [5.41, 5.74) is 1.78. The maximum Gasteiger partial charge on any atom is 0.290 e. The summed E-state index contributed by atoms with van der Waals surface area (Å²) in [5, 5.41) is 5.87. The van der Waals surface area contributed by atoms with Crippen molar-refractivity contribution in [2.45, 2.75) is 0 Å². The van der Waals surface area contributed by atoms with Crippen LogP contribution in [0.1, 0.15) is 5.56 Å². The number of thioether (sulfide) groups is 1. The first-order valence-corrected chi connectivity index (χ1v) is 7.83. The van der Waals surface area contributed by atoms with Crippen molar-refractivity contribution in [3.05, 3.63) is 33.7 Å². The molecule has 0 spiro atoms. The third kappa shape index (κ3) is 3.57. The number of amides is 2. The Morgan fingerprint density at radius 1 is 1.23 bits per heavy atom. The molecular formula is C14H15Cl2N3O2S. The Labute approximate surface area is 143 Å². The van der Waals surface area contributed by atoms with E-state index >= 15 is 0 Å². The number of anilines is 1. The van der Waals surface area contributed by atoms with E-state index in [1.165, 1.54) is 0 Å². The van der Waals surface area contributed by atoms with E-state index < -0.39 is 0 Å². The number of imide groups is 1. The van der Waals surface area contributed by atoms with Crippen LogP contribution in [-0.4, -0.2) is 37.3 Å². The highest BCUT2D eigenvalue weighted by molar-refractivity contribution is 8.18. The van der Waals surface area contributed by atoms with Gasteiger partial charge in [-0.15, -0.1) is 12.4 Å². The van der Waals surface area contributed by atoms with Crippen LogP contribution < -0.4 is 15.5 Å². The molecule has 22 heavy (non-hydrogen) atoms. The molecule has 5 nitrogen and oxygen atoms in total. The van der Waals surface area contributed by atoms with Gasteiger partial charge in [0, 0.05) is 31.7 Å². The molecule has 3 rings (SSSR count). The minimum Gasteiger partial charge on any atom is -0.367 e. The lowest BCUT2D eigenvalue weighted by molar-refractivity contribution is -0.115. The second-order valence-electron chi connectivity index (χ2n) is 4.77. The third-order valence-corrected chi connectivity index (χ3v) is 4.50. The topological polar surface area (TPSA) is 61.4 Å². The Kier molecular flexibility index (Phi) is 5.74. The van der Waals surface area contributed by atoms with Crippen LogP contribution in [0.2, 0.25) is 5.02 Å². The van der Waals surface area contributed by atoms with Crippen molar-refractivity contribution in [1.82, 2.24) is 10.6 Å². The normalized spacial score (nSPS) is 20.0. The number of para-hydroxylation sites is 1. The average molecular weight is 360 g/mol. The summed E-state index contributed by atoms with van der Waals surface area (Å²) in [6.07, 6.45) is 1.73. The van der Waals surface area contributed by atoms with E-state index in [-0.39, 0.29) is 23.6 Å². The van der Waals surface area contributed by atoms with E-state index in [0.29, 0.717) is 9.93 Å². The molecule has 0 saturated carbocycles. The maximum absolute atomic E-state index is 11.7. The number of hydrogen-bond acceptors (Lipinski definition) is 5. The van der Waals surface area contributed by atoms with Crippen molar-refractivity contribution in [2.75, 3.05) is 31.1 Å². The molecule has 2 fully saturated rings. The predicted octanol–water partition coefficient (Wildman–Crippen LogP) is 2.50. The van der Waals surface area contributed by atoms with Gasteiger partial charge in [-0.1, -0.05) is 23.7 Å². The molecule has 2 aliphatic heterocycles. The lowest BCUT2D eigenvalue weighted by Gasteiger charge is -2.31. The van der Waals surface area contributed by atoms with Crippen LogP contribution in [0.4, 0.5) is 10.5 Å². The molecule has 0 bridgehead atoms. The molecule has 118 valence electrons. The van der Waals surface area contributed by atoms with Crippen molar-refractivity contribution in [3.63, 3.8) is 0 Å². The van der Waals surface area contributed by atoms with Gasteiger partial charge in [0.05, 0.1) is 15.6 Å². The quantitative estimate of drug-likeness (QED) is 0.794. The smallest absolute Gasteiger partial charge is 0.290 e. The highest BCUT2D eigenvalue weighted by atomic mass is 35.5. The van der Waals surface area contributed by atoms with Gasteiger partial charge in [-0.3, -0.25) is 14.9 Å². The zero-order valence-electron chi connectivity index (χ0n) is 11.6. The summed E-state index contributed by atoms with van der Waals surface area (Å²) in [7, 11) is 0. The van der Waals surface area contributed by atoms with Crippen molar-refractivity contribution in [3.8, 4) is 0 Å². The largest absolute Gasteiger partial charge is 0.367 e. The minimum absolute atomic E-state index is 0. The lowest BCUT2D eigenvalue weighted by Crippen LogP contribution is -2.43. The lowest BCUT2D eigenvalue weighted by atomic mass is 10.1. The van der Waals surface area contributed by atoms with Crippen LogP contribution in [0.25, 0.3) is 6.08 Å². The Hall–Kier alpha value is -1.21. The van der Waals surface area contributed by atoms with Gasteiger partial charge in [-0.05, 0) is 23.9 Å². The number of hydrogen-bond donors (Lipinski definition) is 2. The highest BCUT2D eigenvalue weighted by Crippen LogP contribution is 2.34. The van der Waals surface area contributed by atoms with Gasteiger partial charge >= 0.3 is 0 Å². The van der Waals surface area contributed by atoms with Gasteiger partial charge in [0.1, 0.15) is 0 Å². The molecule has 0 atom stereocenters. The Balaban J connectivity index is 0.00000176. The fraction of sp³-hybridized carbons (Fsp3) is 0.286. The number of nitrogens with zero attached hydrogens (tertiary/aromatic N) is 1. The Morgan fingerprint density at radius 3 is 2.59 bits per heavy atom. The Bertz CT molecular complexity index is 631. The van der Waals surface area contributed by atoms with E-state index in [9.17, 15) is 9.59 Å². The zero-order chi connectivity index (χ0) is 14.8. The highest BCUT2D eigenvalue weighted by Gasteiger charge is 2.26. The fourth-order valence-electron chi connectivity index (χ4n) is 2.43. The fourth-order valence-corrected chi connectivity index (χ4v) is 3.41. The number of piperazine rings is 1. The molecule has 2 aliphatic rings. The second-order valence-corrected chi connectivity index (χ2v) is 6.19. The number of carbonyl (C=O) groups is 2. The summed E-state index contributed by atoms with van der Waals surface area (Å²) < 4.78 is 0. The summed E-state index contributed by atoms with van der Waals surface area (Å²) in [6, 6.07) is 5.60. The zero-order valence-corrected chi connectivity index (χ0v) is 14.0. The number of rotatable bonds is 2. The van der Waals surface area contributed by atoms with Crippen LogP contribution in [-0.2, 0) is 4.79 Å². The molecule has 1 aromatic carbocycles. The number of benzene rings is 1. The minimum atomic E-state index is -0.351. The summed E-state index contributed by atoms with van der Waals surface area (Å²) in [6.45, 7) is 3.51. The van der Waals surface area contributed by atoms with E-state index in [2.05, 4.69) is 15.5 Å². The van der Waals surface area contributed by atoms with E-state index in [1.807, 2.05) is 18.2 Å². The number of carbonyl (C=O) groups excluding carboxylic acids is 2. The van der Waals surface area contributed by atoms with Crippen LogP contribution >= 0.6 is 35.8 Å². The average Bonchev–Trinajstić information content (AvgIpc) is 2.78. The van der Waals surface area contributed by atoms with E-state index in [0.717, 1.165) is 49.2 Å². The van der Waals surface area contributed by atoms with Crippen molar-refractivity contribution >= 4 is 58.7 Å². The van der Waals surface area contributed by atoms with Gasteiger partial charge < -0.3 is 10.2 Å². The van der Waals surface area contributed by atoms with Gasteiger partial charge in [0.15, 0.2) is 0 Å². The third-order valence-electron chi connectivity index (χ3n) is 3.38. The SMILES string of the molecule is Cl.O=C1NC(=O)C(=Cc2cccc(Cl)c2N2CCNCC2)S1. The van der Waals surface area contributed by atoms with E-state index in [4.69, 9.17) is 11.6 Å². The summed E-state index contributed by atoms with van der Waals surface area (Å²) >= 11 is 7.26. The second kappa shape index (κ2) is 7.37. The molecule has 0 unspecified atom stereocenters. The first kappa shape index (κ1) is 17.1. The monoisotopic (exact) mass is 359 g/mol. The van der Waals surface area contributed by atoms with Gasteiger partial charge in [0.25, 0.3) is 11.1 Å². The van der Waals surface area contributed by atoms with Crippen molar-refractivity contribution in [2.24, 2.45) is 0 Å². The standard InChI is InChI=1S/C14H14ClN3O2S.ClH/c15-10-3-1-2-9(8-11-13(19)17-14(20)21-11)12(10)18-6-4-16-5-7-18;/h1-3,8,16H,4-7H2,(H,17,19,20);1H. The Morgan fingerprint density at radius 2 is 1.95 bits per heavy atom. The van der Waals surface area contributed by atoms with Gasteiger partial charge in [-0.2, -0.15) is 0 Å².